The lowest BCUT2D eigenvalue weighted by atomic mass is 9.95. The van der Waals surface area contributed by atoms with Gasteiger partial charge in [0.05, 0.1) is 6.61 Å². The van der Waals surface area contributed by atoms with Gasteiger partial charge in [0.15, 0.2) is 0 Å². The zero-order chi connectivity index (χ0) is 26.7. The van der Waals surface area contributed by atoms with Gasteiger partial charge in [0.25, 0.3) is 11.8 Å². The third-order valence-electron chi connectivity index (χ3n) is 7.43. The summed E-state index contributed by atoms with van der Waals surface area (Å²) in [7, 11) is 0. The van der Waals surface area contributed by atoms with Crippen LogP contribution in [-0.4, -0.2) is 64.0 Å². The van der Waals surface area contributed by atoms with E-state index in [1.54, 1.807) is 34.3 Å². The maximum atomic E-state index is 13.9. The Kier molecular flexibility index (Phi) is 7.24. The first-order valence-corrected chi connectivity index (χ1v) is 12.9. The Bertz CT molecular complexity index is 1300. The molecule has 3 aromatic rings. The molecule has 1 aromatic heterocycles. The van der Waals surface area contributed by atoms with Crippen molar-refractivity contribution in [3.05, 3.63) is 101 Å². The Labute approximate surface area is 222 Å². The maximum Gasteiger partial charge on any atom is 0.256 e. The van der Waals surface area contributed by atoms with Gasteiger partial charge in [-0.3, -0.25) is 24.3 Å². The minimum atomic E-state index is -0.954. The lowest BCUT2D eigenvalue weighted by molar-refractivity contribution is -0.128. The Morgan fingerprint density at radius 3 is 2.00 bits per heavy atom. The molecule has 0 aliphatic carbocycles. The zero-order valence-electron chi connectivity index (χ0n) is 21.7. The van der Waals surface area contributed by atoms with Crippen molar-refractivity contribution in [3.63, 3.8) is 0 Å². The van der Waals surface area contributed by atoms with Gasteiger partial charge in [-0.15, -0.1) is 0 Å². The Balaban J connectivity index is 1.36. The number of aryl methyl sites for hydroxylation is 2. The van der Waals surface area contributed by atoms with E-state index >= 15 is 0 Å². The molecule has 5 rings (SSSR count). The van der Waals surface area contributed by atoms with Crippen LogP contribution in [0.2, 0.25) is 0 Å². The first-order valence-electron chi connectivity index (χ1n) is 12.9. The van der Waals surface area contributed by atoms with Crippen molar-refractivity contribution in [3.8, 4) is 0 Å². The Morgan fingerprint density at radius 2 is 1.42 bits per heavy atom. The monoisotopic (exact) mass is 512 g/mol. The van der Waals surface area contributed by atoms with Gasteiger partial charge in [-0.25, -0.2) is 0 Å². The fraction of sp³-hybridized carbons (Fsp3) is 0.333. The summed E-state index contributed by atoms with van der Waals surface area (Å²) in [6.45, 7) is 5.23. The number of carbonyl (C=O) groups excluding carboxylic acids is 3. The van der Waals surface area contributed by atoms with Crippen LogP contribution in [0.5, 0.6) is 0 Å². The number of piperidine rings is 1. The first-order chi connectivity index (χ1) is 18.4. The van der Waals surface area contributed by atoms with E-state index in [0.717, 1.165) is 16.7 Å². The van der Waals surface area contributed by atoms with Gasteiger partial charge in [0.1, 0.15) is 11.8 Å². The van der Waals surface area contributed by atoms with Crippen molar-refractivity contribution in [2.24, 2.45) is 0 Å². The Morgan fingerprint density at radius 1 is 0.868 bits per heavy atom. The highest BCUT2D eigenvalue weighted by molar-refractivity contribution is 5.98. The van der Waals surface area contributed by atoms with Crippen molar-refractivity contribution in [2.75, 3.05) is 19.7 Å². The third-order valence-corrected chi connectivity index (χ3v) is 7.43. The van der Waals surface area contributed by atoms with E-state index in [9.17, 15) is 14.4 Å². The van der Waals surface area contributed by atoms with E-state index in [0.29, 0.717) is 43.6 Å². The maximum absolute atomic E-state index is 13.9. The molecule has 1 unspecified atom stereocenters. The van der Waals surface area contributed by atoms with Crippen LogP contribution in [0.15, 0.2) is 73.1 Å². The van der Waals surface area contributed by atoms with Crippen LogP contribution in [0.3, 0.4) is 0 Å². The summed E-state index contributed by atoms with van der Waals surface area (Å²) >= 11 is 0. The van der Waals surface area contributed by atoms with Crippen LogP contribution >= 0.6 is 0 Å². The number of rotatable bonds is 5. The Hall–Kier alpha value is -4.04. The summed E-state index contributed by atoms with van der Waals surface area (Å²) in [5.74, 6) is -0.553. The molecule has 38 heavy (non-hydrogen) atoms. The van der Waals surface area contributed by atoms with Crippen molar-refractivity contribution in [2.45, 2.75) is 45.0 Å². The molecule has 0 bridgehead atoms. The highest BCUT2D eigenvalue weighted by Gasteiger charge is 2.54. The van der Waals surface area contributed by atoms with E-state index in [-0.39, 0.29) is 24.3 Å². The minimum Gasteiger partial charge on any atom is -0.353 e. The lowest BCUT2D eigenvalue weighted by Gasteiger charge is -2.44. The molecule has 1 spiro atoms. The number of benzene rings is 2. The fourth-order valence-electron chi connectivity index (χ4n) is 5.15. The molecule has 1 atom stereocenters. The second-order valence-electron chi connectivity index (χ2n) is 10.0. The van der Waals surface area contributed by atoms with Crippen molar-refractivity contribution >= 4 is 17.7 Å². The van der Waals surface area contributed by atoms with Gasteiger partial charge >= 0.3 is 0 Å². The van der Waals surface area contributed by atoms with Gasteiger partial charge < -0.3 is 15.0 Å². The molecule has 2 fully saturated rings. The number of likely N-dealkylation sites (tertiary alicyclic amines) is 1. The molecule has 0 radical (unpaired) electrons. The van der Waals surface area contributed by atoms with Crippen LogP contribution in [0, 0.1) is 13.8 Å². The minimum absolute atomic E-state index is 0.0408. The molecule has 3 amide bonds. The van der Waals surface area contributed by atoms with Crippen molar-refractivity contribution < 1.29 is 19.1 Å². The number of nitrogens with one attached hydrogen (secondary N) is 1. The molecule has 2 aliphatic rings. The highest BCUT2D eigenvalue weighted by Crippen LogP contribution is 2.39. The molecule has 8 heteroatoms. The van der Waals surface area contributed by atoms with E-state index < -0.39 is 11.8 Å². The molecule has 0 saturated carbocycles. The van der Waals surface area contributed by atoms with Crippen LogP contribution in [-0.2, 0) is 16.1 Å². The SMILES string of the molecule is Cc1ccc(C(=O)N2CCC3(CC2)OCC(C(=O)NCc2ccncc2)N3C(=O)c2ccc(C)cc2)cc1. The third kappa shape index (κ3) is 5.17. The van der Waals surface area contributed by atoms with Gasteiger partial charge in [0.2, 0.25) is 5.91 Å². The molecule has 1 N–H and O–H groups in total. The normalized spacial score (nSPS) is 18.4. The van der Waals surface area contributed by atoms with Crippen LogP contribution in [0.4, 0.5) is 0 Å². The number of nitrogens with zero attached hydrogens (tertiary/aromatic N) is 3. The van der Waals surface area contributed by atoms with Crippen LogP contribution in [0.1, 0.15) is 50.2 Å². The van der Waals surface area contributed by atoms with Gasteiger partial charge in [-0.2, -0.15) is 0 Å². The number of hydrogen-bond acceptors (Lipinski definition) is 5. The number of carbonyl (C=O) groups is 3. The second kappa shape index (κ2) is 10.8. The number of amides is 3. The molecule has 8 nitrogen and oxygen atoms in total. The van der Waals surface area contributed by atoms with Crippen LogP contribution < -0.4 is 5.32 Å². The zero-order valence-corrected chi connectivity index (χ0v) is 21.7. The van der Waals surface area contributed by atoms with E-state index in [1.807, 2.05) is 62.4 Å². The second-order valence-corrected chi connectivity index (χ2v) is 10.0. The molecule has 196 valence electrons. The van der Waals surface area contributed by atoms with E-state index in [2.05, 4.69) is 10.3 Å². The first kappa shape index (κ1) is 25.6. The summed E-state index contributed by atoms with van der Waals surface area (Å²) < 4.78 is 6.29. The molecule has 2 aliphatic heterocycles. The average Bonchev–Trinajstić information content (AvgIpc) is 3.31. The summed E-state index contributed by atoms with van der Waals surface area (Å²) in [5, 5.41) is 2.96. The molecule has 2 saturated heterocycles. The van der Waals surface area contributed by atoms with E-state index in [1.165, 1.54) is 0 Å². The average molecular weight is 513 g/mol. The van der Waals surface area contributed by atoms with Crippen molar-refractivity contribution in [1.29, 1.82) is 0 Å². The summed E-state index contributed by atoms with van der Waals surface area (Å²) in [6.07, 6.45) is 4.20. The predicted octanol–water partition coefficient (Wildman–Crippen LogP) is 3.49. The molecule has 2 aromatic carbocycles. The lowest BCUT2D eigenvalue weighted by Crippen LogP contribution is -2.59. The smallest absolute Gasteiger partial charge is 0.256 e. The van der Waals surface area contributed by atoms with Gasteiger partial charge in [0, 0.05) is 56.0 Å². The molecular weight excluding hydrogens is 480 g/mol. The molecular formula is C30H32N4O4. The number of hydrogen-bond donors (Lipinski definition) is 1. The summed E-state index contributed by atoms with van der Waals surface area (Å²) in [4.78, 5) is 47.8. The number of pyridine rings is 1. The van der Waals surface area contributed by atoms with Crippen molar-refractivity contribution in [1.82, 2.24) is 20.1 Å². The number of aromatic nitrogens is 1. The predicted molar refractivity (Wildman–Crippen MR) is 142 cm³/mol. The summed E-state index contributed by atoms with van der Waals surface area (Å²) in [6, 6.07) is 17.8. The quantitative estimate of drug-likeness (QED) is 0.565. The largest absolute Gasteiger partial charge is 0.353 e. The summed E-state index contributed by atoms with van der Waals surface area (Å²) in [5.41, 5.74) is 3.25. The van der Waals surface area contributed by atoms with E-state index in [4.69, 9.17) is 4.74 Å². The van der Waals surface area contributed by atoms with Crippen LogP contribution in [0.25, 0.3) is 0 Å². The van der Waals surface area contributed by atoms with Gasteiger partial charge in [-0.1, -0.05) is 35.4 Å². The highest BCUT2D eigenvalue weighted by atomic mass is 16.5. The topological polar surface area (TPSA) is 91.8 Å². The van der Waals surface area contributed by atoms with Gasteiger partial charge in [-0.05, 0) is 55.8 Å². The number of ether oxygens (including phenoxy) is 1. The fourth-order valence-corrected chi connectivity index (χ4v) is 5.15. The molecule has 3 heterocycles. The standard InChI is InChI=1S/C30H32N4O4/c1-21-3-7-24(8-4-21)28(36)33-17-13-30(14-18-33)34(29(37)25-9-5-22(2)6-10-25)26(20-38-30)27(35)32-19-23-11-15-31-16-12-23/h3-12,15-16,26H,13-14,17-20H2,1-2H3,(H,32,35).